The molecule has 2 rings (SSSR count). The molecular weight excluding hydrogens is 247 g/mol. The topological polar surface area (TPSA) is 38.9 Å². The van der Waals surface area contributed by atoms with Crippen molar-refractivity contribution in [2.24, 2.45) is 5.73 Å². The lowest BCUT2D eigenvalue weighted by Gasteiger charge is -2.06. The Morgan fingerprint density at radius 2 is 2.11 bits per heavy atom. The molecule has 0 aliphatic rings. The minimum Gasteiger partial charge on any atom is -0.325 e. The van der Waals surface area contributed by atoms with E-state index in [1.807, 2.05) is 6.07 Å². The molecule has 0 aliphatic heterocycles. The van der Waals surface area contributed by atoms with Crippen LogP contribution >= 0.6 is 11.3 Å². The Hall–Kier alpha value is -1.26. The summed E-state index contributed by atoms with van der Waals surface area (Å²) in [5.41, 5.74) is 8.20. The summed E-state index contributed by atoms with van der Waals surface area (Å²) in [5, 5.41) is 0.927. The Kier molecular flexibility index (Phi) is 3.78. The molecule has 0 aliphatic carbocycles. The number of thiazole rings is 1. The summed E-state index contributed by atoms with van der Waals surface area (Å²) >= 11 is 1.64. The predicted molar refractivity (Wildman–Crippen MR) is 74.2 cm³/mol. The summed E-state index contributed by atoms with van der Waals surface area (Å²) in [6.07, 6.45) is 0. The van der Waals surface area contributed by atoms with Crippen LogP contribution in [0.1, 0.15) is 35.2 Å². The maximum Gasteiger partial charge on any atom is 0.126 e. The van der Waals surface area contributed by atoms with Crippen molar-refractivity contribution < 1.29 is 4.39 Å². The Morgan fingerprint density at radius 3 is 2.67 bits per heavy atom. The van der Waals surface area contributed by atoms with E-state index >= 15 is 0 Å². The minimum atomic E-state index is -0.181. The molecule has 2 aromatic rings. The monoisotopic (exact) mass is 264 g/mol. The number of hydrogen-bond donors (Lipinski definition) is 1. The fourth-order valence-electron chi connectivity index (χ4n) is 1.86. The third kappa shape index (κ3) is 2.44. The van der Waals surface area contributed by atoms with Gasteiger partial charge in [-0.15, -0.1) is 11.3 Å². The third-order valence-electron chi connectivity index (χ3n) is 2.83. The van der Waals surface area contributed by atoms with Crippen LogP contribution in [0.3, 0.4) is 0 Å². The number of hydrogen-bond acceptors (Lipinski definition) is 3. The van der Waals surface area contributed by atoms with Gasteiger partial charge in [0.1, 0.15) is 10.8 Å². The maximum absolute atomic E-state index is 13.3. The van der Waals surface area contributed by atoms with Crippen molar-refractivity contribution in [2.45, 2.75) is 33.2 Å². The lowest BCUT2D eigenvalue weighted by Crippen LogP contribution is -1.95. The minimum absolute atomic E-state index is 0.181. The third-order valence-corrected chi connectivity index (χ3v) is 4.21. The van der Waals surface area contributed by atoms with Crippen molar-refractivity contribution in [3.8, 4) is 11.3 Å². The molecule has 1 aromatic carbocycles. The van der Waals surface area contributed by atoms with Crippen molar-refractivity contribution in [2.75, 3.05) is 0 Å². The van der Waals surface area contributed by atoms with Crippen molar-refractivity contribution >= 4 is 11.3 Å². The highest BCUT2D eigenvalue weighted by atomic mass is 32.1. The van der Waals surface area contributed by atoms with E-state index < -0.39 is 0 Å². The normalized spacial score (nSPS) is 11.2. The Labute approximate surface area is 111 Å². The van der Waals surface area contributed by atoms with Crippen LogP contribution in [-0.2, 0) is 6.54 Å². The van der Waals surface area contributed by atoms with E-state index in [1.54, 1.807) is 24.3 Å². The smallest absolute Gasteiger partial charge is 0.126 e. The summed E-state index contributed by atoms with van der Waals surface area (Å²) in [6, 6.07) is 5.12. The number of benzene rings is 1. The average molecular weight is 264 g/mol. The first-order chi connectivity index (χ1) is 8.52. The van der Waals surface area contributed by atoms with Crippen LogP contribution in [0.5, 0.6) is 0 Å². The number of rotatable bonds is 3. The Balaban J connectivity index is 2.54. The second-order valence-electron chi connectivity index (χ2n) is 4.64. The molecular formula is C14H17FN2S. The van der Waals surface area contributed by atoms with Gasteiger partial charge in [0.05, 0.1) is 5.69 Å². The number of nitrogens with two attached hydrogens (primary N) is 1. The highest BCUT2D eigenvalue weighted by Gasteiger charge is 2.15. The molecule has 2 nitrogen and oxygen atoms in total. The average Bonchev–Trinajstić information content (AvgIpc) is 2.77. The highest BCUT2D eigenvalue weighted by molar-refractivity contribution is 7.12. The largest absolute Gasteiger partial charge is 0.325 e. The highest BCUT2D eigenvalue weighted by Crippen LogP contribution is 2.34. The molecule has 2 N–H and O–H groups in total. The zero-order valence-corrected chi connectivity index (χ0v) is 11.6. The first-order valence-electron chi connectivity index (χ1n) is 5.99. The van der Waals surface area contributed by atoms with Crippen molar-refractivity contribution in [3.05, 3.63) is 39.5 Å². The summed E-state index contributed by atoms with van der Waals surface area (Å²) in [5.74, 6) is 0.210. The Morgan fingerprint density at radius 1 is 1.39 bits per heavy atom. The summed E-state index contributed by atoms with van der Waals surface area (Å²) in [6.45, 7) is 6.48. The SMILES string of the molecule is Cc1cc(-c2nc(CN)sc2C(C)C)ccc1F. The van der Waals surface area contributed by atoms with E-state index in [0.29, 0.717) is 18.0 Å². The van der Waals surface area contributed by atoms with Gasteiger partial charge in [0.15, 0.2) is 0 Å². The van der Waals surface area contributed by atoms with Crippen molar-refractivity contribution in [3.63, 3.8) is 0 Å². The lowest BCUT2D eigenvalue weighted by molar-refractivity contribution is 0.618. The second-order valence-corrected chi connectivity index (χ2v) is 5.76. The van der Waals surface area contributed by atoms with Gasteiger partial charge >= 0.3 is 0 Å². The number of halogens is 1. The van der Waals surface area contributed by atoms with Gasteiger partial charge in [-0.2, -0.15) is 0 Å². The Bertz CT molecular complexity index is 561. The molecule has 1 heterocycles. The zero-order valence-electron chi connectivity index (χ0n) is 10.8. The number of aryl methyl sites for hydroxylation is 1. The second kappa shape index (κ2) is 5.16. The van der Waals surface area contributed by atoms with E-state index in [0.717, 1.165) is 16.3 Å². The molecule has 18 heavy (non-hydrogen) atoms. The molecule has 0 amide bonds. The fraction of sp³-hybridized carbons (Fsp3) is 0.357. The molecule has 0 saturated heterocycles. The molecule has 0 fully saturated rings. The molecule has 0 bridgehead atoms. The van der Waals surface area contributed by atoms with E-state index in [1.165, 1.54) is 10.9 Å². The van der Waals surface area contributed by atoms with Crippen LogP contribution in [-0.4, -0.2) is 4.98 Å². The first kappa shape index (κ1) is 13.2. The van der Waals surface area contributed by atoms with Crippen LogP contribution in [0.4, 0.5) is 4.39 Å². The van der Waals surface area contributed by atoms with Gasteiger partial charge in [-0.3, -0.25) is 0 Å². The summed E-state index contributed by atoms with van der Waals surface area (Å²) in [7, 11) is 0. The first-order valence-corrected chi connectivity index (χ1v) is 6.80. The van der Waals surface area contributed by atoms with E-state index in [-0.39, 0.29) is 5.82 Å². The van der Waals surface area contributed by atoms with Crippen LogP contribution in [0.2, 0.25) is 0 Å². The molecule has 0 atom stereocenters. The van der Waals surface area contributed by atoms with E-state index in [2.05, 4.69) is 18.8 Å². The molecule has 1 aromatic heterocycles. The maximum atomic E-state index is 13.3. The standard InChI is InChI=1S/C14H17FN2S/c1-8(2)14-13(17-12(7-16)18-14)10-4-5-11(15)9(3)6-10/h4-6,8H,7,16H2,1-3H3. The van der Waals surface area contributed by atoms with Gasteiger partial charge in [-0.25, -0.2) is 9.37 Å². The van der Waals surface area contributed by atoms with Crippen LogP contribution in [0.15, 0.2) is 18.2 Å². The van der Waals surface area contributed by atoms with Crippen LogP contribution < -0.4 is 5.73 Å². The van der Waals surface area contributed by atoms with Crippen LogP contribution in [0.25, 0.3) is 11.3 Å². The van der Waals surface area contributed by atoms with Crippen molar-refractivity contribution in [1.29, 1.82) is 0 Å². The van der Waals surface area contributed by atoms with Gasteiger partial charge < -0.3 is 5.73 Å². The quantitative estimate of drug-likeness (QED) is 0.914. The zero-order chi connectivity index (χ0) is 13.3. The molecule has 0 spiro atoms. The molecule has 0 radical (unpaired) electrons. The fourth-order valence-corrected chi connectivity index (χ4v) is 2.83. The van der Waals surface area contributed by atoms with E-state index in [9.17, 15) is 4.39 Å². The molecule has 96 valence electrons. The van der Waals surface area contributed by atoms with Crippen molar-refractivity contribution in [1.82, 2.24) is 4.98 Å². The van der Waals surface area contributed by atoms with Gasteiger partial charge in [-0.05, 0) is 36.6 Å². The number of aromatic nitrogens is 1. The summed E-state index contributed by atoms with van der Waals surface area (Å²) < 4.78 is 13.3. The molecule has 0 unspecified atom stereocenters. The van der Waals surface area contributed by atoms with E-state index in [4.69, 9.17) is 5.73 Å². The predicted octanol–water partition coefficient (Wildman–Crippen LogP) is 3.84. The van der Waals surface area contributed by atoms with Gasteiger partial charge in [-0.1, -0.05) is 13.8 Å². The summed E-state index contributed by atoms with van der Waals surface area (Å²) in [4.78, 5) is 5.77. The molecule has 0 saturated carbocycles. The molecule has 4 heteroatoms. The van der Waals surface area contributed by atoms with Gasteiger partial charge in [0.25, 0.3) is 0 Å². The van der Waals surface area contributed by atoms with Gasteiger partial charge in [0.2, 0.25) is 0 Å². The lowest BCUT2D eigenvalue weighted by atomic mass is 10.0. The van der Waals surface area contributed by atoms with Crippen LogP contribution in [0, 0.1) is 12.7 Å². The van der Waals surface area contributed by atoms with Gasteiger partial charge in [0, 0.05) is 17.0 Å². The number of nitrogens with zero attached hydrogens (tertiary/aromatic N) is 1.